The van der Waals surface area contributed by atoms with Crippen LogP contribution in [0.3, 0.4) is 0 Å². The maximum absolute atomic E-state index is 12.4. The lowest BCUT2D eigenvalue weighted by Crippen LogP contribution is -2.46. The molecule has 20 heavy (non-hydrogen) atoms. The van der Waals surface area contributed by atoms with Gasteiger partial charge in [-0.15, -0.1) is 0 Å². The van der Waals surface area contributed by atoms with Gasteiger partial charge in [0.05, 0.1) is 5.56 Å². The molecular formula is C15H21N3O2. The number of aromatic nitrogens is 1. The van der Waals surface area contributed by atoms with Gasteiger partial charge >= 0.3 is 0 Å². The van der Waals surface area contributed by atoms with Crippen LogP contribution in [0.5, 0.6) is 0 Å². The van der Waals surface area contributed by atoms with Crippen LogP contribution in [0.25, 0.3) is 10.9 Å². The first-order valence-electron chi connectivity index (χ1n) is 6.79. The highest BCUT2D eigenvalue weighted by molar-refractivity contribution is 6.07. The molecule has 2 rings (SSSR count). The molecule has 0 bridgehead atoms. The summed E-state index contributed by atoms with van der Waals surface area (Å²) in [4.78, 5) is 15.5. The Kier molecular flexibility index (Phi) is 3.99. The summed E-state index contributed by atoms with van der Waals surface area (Å²) in [5.74, 6) is -0.153. The van der Waals surface area contributed by atoms with E-state index in [0.29, 0.717) is 17.7 Å². The van der Waals surface area contributed by atoms with Gasteiger partial charge in [-0.1, -0.05) is 6.92 Å². The molecule has 1 heterocycles. The van der Waals surface area contributed by atoms with Crippen LogP contribution in [0.15, 0.2) is 24.4 Å². The Labute approximate surface area is 118 Å². The number of aromatic amines is 1. The summed E-state index contributed by atoms with van der Waals surface area (Å²) in [6.45, 7) is 3.97. The average molecular weight is 275 g/mol. The molecule has 0 fully saturated rings. The van der Waals surface area contributed by atoms with Crippen LogP contribution >= 0.6 is 0 Å². The van der Waals surface area contributed by atoms with E-state index in [1.165, 1.54) is 0 Å². The van der Waals surface area contributed by atoms with Crippen molar-refractivity contribution < 1.29 is 9.90 Å². The molecule has 0 spiro atoms. The third-order valence-corrected chi connectivity index (χ3v) is 3.81. The topological polar surface area (TPSA) is 91.1 Å². The first-order chi connectivity index (χ1) is 9.49. The minimum atomic E-state index is -0.407. The molecule has 0 saturated carbocycles. The zero-order chi connectivity index (χ0) is 14.8. The number of carbonyl (C=O) groups is 1. The van der Waals surface area contributed by atoms with Gasteiger partial charge in [0.2, 0.25) is 0 Å². The summed E-state index contributed by atoms with van der Waals surface area (Å²) in [6, 6.07) is 5.44. The summed E-state index contributed by atoms with van der Waals surface area (Å²) in [5, 5.41) is 12.9. The molecular weight excluding hydrogens is 254 g/mol. The molecule has 0 aliphatic carbocycles. The zero-order valence-electron chi connectivity index (χ0n) is 11.9. The molecule has 2 aromatic rings. The number of hydrogen-bond donors (Lipinski definition) is 4. The van der Waals surface area contributed by atoms with Gasteiger partial charge in [0.1, 0.15) is 0 Å². The van der Waals surface area contributed by atoms with E-state index in [1.54, 1.807) is 18.3 Å². The second-order valence-electron chi connectivity index (χ2n) is 5.35. The van der Waals surface area contributed by atoms with E-state index in [0.717, 1.165) is 17.3 Å². The SMILES string of the molecule is CCC(C)(CCO)NC(=O)c1c[nH]c2ccc(N)cc12. The molecule has 1 aromatic carbocycles. The second-order valence-corrected chi connectivity index (χ2v) is 5.35. The number of nitrogens with one attached hydrogen (secondary N) is 2. The van der Waals surface area contributed by atoms with Crippen molar-refractivity contribution in [1.29, 1.82) is 0 Å². The van der Waals surface area contributed by atoms with E-state index in [4.69, 9.17) is 10.8 Å². The Morgan fingerprint density at radius 1 is 1.50 bits per heavy atom. The standard InChI is InChI=1S/C15H21N3O2/c1-3-15(2,6-7-19)18-14(20)12-9-17-13-5-4-10(16)8-11(12)13/h4-5,8-9,17,19H,3,6-7,16H2,1-2H3,(H,18,20). The van der Waals surface area contributed by atoms with Gasteiger partial charge in [-0.2, -0.15) is 0 Å². The number of H-pyrrole nitrogens is 1. The lowest BCUT2D eigenvalue weighted by atomic mass is 9.94. The van der Waals surface area contributed by atoms with Crippen molar-refractivity contribution in [3.8, 4) is 0 Å². The molecule has 1 atom stereocenters. The number of fused-ring (bicyclic) bond motifs is 1. The summed E-state index contributed by atoms with van der Waals surface area (Å²) >= 11 is 0. The molecule has 0 radical (unpaired) electrons. The van der Waals surface area contributed by atoms with E-state index in [-0.39, 0.29) is 12.5 Å². The number of carbonyl (C=O) groups excluding carboxylic acids is 1. The van der Waals surface area contributed by atoms with Gasteiger partial charge in [0.15, 0.2) is 0 Å². The van der Waals surface area contributed by atoms with Crippen LogP contribution in [0.1, 0.15) is 37.0 Å². The molecule has 5 nitrogen and oxygen atoms in total. The van der Waals surface area contributed by atoms with E-state index in [1.807, 2.05) is 19.9 Å². The number of benzene rings is 1. The Hall–Kier alpha value is -2.01. The Bertz CT molecular complexity index is 621. The Morgan fingerprint density at radius 2 is 2.25 bits per heavy atom. The smallest absolute Gasteiger partial charge is 0.253 e. The molecule has 108 valence electrons. The fraction of sp³-hybridized carbons (Fsp3) is 0.400. The predicted octanol–water partition coefficient (Wildman–Crippen LogP) is 2.03. The molecule has 0 aliphatic heterocycles. The lowest BCUT2D eigenvalue weighted by Gasteiger charge is -2.28. The van der Waals surface area contributed by atoms with Gasteiger partial charge < -0.3 is 21.1 Å². The largest absolute Gasteiger partial charge is 0.399 e. The van der Waals surface area contributed by atoms with Crippen molar-refractivity contribution in [2.24, 2.45) is 0 Å². The number of anilines is 1. The average Bonchev–Trinajstić information content (AvgIpc) is 2.81. The van der Waals surface area contributed by atoms with Crippen LogP contribution in [0, 0.1) is 0 Å². The molecule has 5 heteroatoms. The van der Waals surface area contributed by atoms with Crippen LogP contribution in [0.2, 0.25) is 0 Å². The number of aliphatic hydroxyl groups is 1. The van der Waals surface area contributed by atoms with Gasteiger partial charge in [-0.3, -0.25) is 4.79 Å². The Balaban J connectivity index is 2.29. The van der Waals surface area contributed by atoms with Gasteiger partial charge in [-0.25, -0.2) is 0 Å². The van der Waals surface area contributed by atoms with Gasteiger partial charge in [0, 0.05) is 34.9 Å². The first-order valence-corrected chi connectivity index (χ1v) is 6.79. The third-order valence-electron chi connectivity index (χ3n) is 3.81. The predicted molar refractivity (Wildman–Crippen MR) is 80.6 cm³/mol. The van der Waals surface area contributed by atoms with Crippen molar-refractivity contribution >= 4 is 22.5 Å². The second kappa shape index (κ2) is 5.54. The minimum Gasteiger partial charge on any atom is -0.399 e. The van der Waals surface area contributed by atoms with Crippen molar-refractivity contribution in [1.82, 2.24) is 10.3 Å². The minimum absolute atomic E-state index is 0.0471. The van der Waals surface area contributed by atoms with Crippen LogP contribution in [-0.4, -0.2) is 28.1 Å². The summed E-state index contributed by atoms with van der Waals surface area (Å²) in [7, 11) is 0. The van der Waals surface area contributed by atoms with Crippen LogP contribution in [0.4, 0.5) is 5.69 Å². The van der Waals surface area contributed by atoms with Crippen molar-refractivity contribution in [2.75, 3.05) is 12.3 Å². The highest BCUT2D eigenvalue weighted by Crippen LogP contribution is 2.22. The molecule has 1 amide bonds. The molecule has 0 saturated heterocycles. The quantitative estimate of drug-likeness (QED) is 0.629. The summed E-state index contributed by atoms with van der Waals surface area (Å²) in [5.41, 5.74) is 7.45. The fourth-order valence-corrected chi connectivity index (χ4v) is 2.24. The molecule has 1 aromatic heterocycles. The van der Waals surface area contributed by atoms with Gasteiger partial charge in [0.25, 0.3) is 5.91 Å². The lowest BCUT2D eigenvalue weighted by molar-refractivity contribution is 0.0888. The third kappa shape index (κ3) is 2.77. The Morgan fingerprint density at radius 3 is 2.90 bits per heavy atom. The number of amides is 1. The van der Waals surface area contributed by atoms with Crippen LogP contribution < -0.4 is 11.1 Å². The highest BCUT2D eigenvalue weighted by atomic mass is 16.3. The number of hydrogen-bond acceptors (Lipinski definition) is 3. The van der Waals surface area contributed by atoms with Crippen LogP contribution in [-0.2, 0) is 0 Å². The highest BCUT2D eigenvalue weighted by Gasteiger charge is 2.25. The maximum Gasteiger partial charge on any atom is 0.253 e. The fourth-order valence-electron chi connectivity index (χ4n) is 2.24. The number of aliphatic hydroxyl groups excluding tert-OH is 1. The zero-order valence-corrected chi connectivity index (χ0v) is 11.9. The van der Waals surface area contributed by atoms with E-state index >= 15 is 0 Å². The van der Waals surface area contributed by atoms with Crippen molar-refractivity contribution in [2.45, 2.75) is 32.2 Å². The number of nitrogens with two attached hydrogens (primary N) is 1. The van der Waals surface area contributed by atoms with E-state index < -0.39 is 5.54 Å². The van der Waals surface area contributed by atoms with Gasteiger partial charge in [-0.05, 0) is 38.0 Å². The molecule has 0 aliphatic rings. The number of nitrogen functional groups attached to an aromatic ring is 1. The summed E-state index contributed by atoms with van der Waals surface area (Å²) in [6.07, 6.45) is 2.97. The monoisotopic (exact) mass is 275 g/mol. The molecule has 5 N–H and O–H groups in total. The van der Waals surface area contributed by atoms with E-state index in [9.17, 15) is 4.79 Å². The summed E-state index contributed by atoms with van der Waals surface area (Å²) < 4.78 is 0. The maximum atomic E-state index is 12.4. The van der Waals surface area contributed by atoms with Crippen molar-refractivity contribution in [3.63, 3.8) is 0 Å². The number of rotatable bonds is 5. The normalized spacial score (nSPS) is 14.2. The van der Waals surface area contributed by atoms with Crippen molar-refractivity contribution in [3.05, 3.63) is 30.0 Å². The first kappa shape index (κ1) is 14.4. The van der Waals surface area contributed by atoms with E-state index in [2.05, 4.69) is 10.3 Å². The molecule has 1 unspecified atom stereocenters.